The zero-order valence-electron chi connectivity index (χ0n) is 16.5. The molecule has 7 nitrogen and oxygen atoms in total. The maximum absolute atomic E-state index is 11.8. The van der Waals surface area contributed by atoms with Crippen LogP contribution >= 0.6 is 0 Å². The molecule has 8 heteroatoms. The van der Waals surface area contributed by atoms with Crippen molar-refractivity contribution in [1.29, 1.82) is 0 Å². The van der Waals surface area contributed by atoms with E-state index in [4.69, 9.17) is 23.1 Å². The van der Waals surface area contributed by atoms with Crippen LogP contribution in [0.4, 0.5) is 0 Å². The minimum Gasteiger partial charge on any atom is -0.374 e. The highest BCUT2D eigenvalue weighted by Gasteiger charge is 2.48. The minimum atomic E-state index is -3.73. The van der Waals surface area contributed by atoms with E-state index in [0.717, 1.165) is 17.4 Å². The molecular weight excluding hydrogens is 396 g/mol. The smallest absolute Gasteiger partial charge is 0.264 e. The molecule has 0 bridgehead atoms. The lowest BCUT2D eigenvalue weighted by atomic mass is 10.1. The Morgan fingerprint density at radius 1 is 0.897 bits per heavy atom. The Morgan fingerprint density at radius 3 is 2.03 bits per heavy atom. The monoisotopic (exact) mass is 422 g/mol. The van der Waals surface area contributed by atoms with Gasteiger partial charge in [0.2, 0.25) is 0 Å². The summed E-state index contributed by atoms with van der Waals surface area (Å²) in [6.45, 7) is 0.892. The Hall–Kier alpha value is -1.81. The lowest BCUT2D eigenvalue weighted by Gasteiger charge is -2.23. The van der Waals surface area contributed by atoms with Crippen molar-refractivity contribution in [2.45, 2.75) is 37.8 Å². The maximum atomic E-state index is 11.8. The van der Waals surface area contributed by atoms with Crippen molar-refractivity contribution in [3.05, 3.63) is 71.8 Å². The average Bonchev–Trinajstić information content (AvgIpc) is 3.03. The second-order valence-corrected chi connectivity index (χ2v) is 8.41. The van der Waals surface area contributed by atoms with E-state index in [1.165, 1.54) is 7.11 Å². The molecule has 4 atom stereocenters. The van der Waals surface area contributed by atoms with Crippen LogP contribution in [0, 0.1) is 0 Å². The molecule has 1 aliphatic heterocycles. The third-order valence-corrected chi connectivity index (χ3v) is 5.04. The molecular formula is C21H26O7S. The van der Waals surface area contributed by atoms with Gasteiger partial charge in [0.25, 0.3) is 10.1 Å². The third-order valence-electron chi connectivity index (χ3n) is 4.46. The molecule has 0 saturated carbocycles. The topological polar surface area (TPSA) is 80.3 Å². The summed E-state index contributed by atoms with van der Waals surface area (Å²) in [5.41, 5.74) is 1.98. The second kappa shape index (κ2) is 10.3. The summed E-state index contributed by atoms with van der Waals surface area (Å²) in [5.74, 6) is 0. The van der Waals surface area contributed by atoms with Crippen molar-refractivity contribution in [2.24, 2.45) is 0 Å². The molecule has 29 heavy (non-hydrogen) atoms. The molecule has 2 aromatic carbocycles. The minimum absolute atomic E-state index is 0.206. The molecule has 2 aromatic rings. The molecule has 0 amide bonds. The Balaban J connectivity index is 1.68. The third kappa shape index (κ3) is 6.60. The number of methoxy groups -OCH3 is 1. The summed E-state index contributed by atoms with van der Waals surface area (Å²) in [5, 5.41) is 0. The zero-order valence-corrected chi connectivity index (χ0v) is 17.3. The van der Waals surface area contributed by atoms with E-state index >= 15 is 0 Å². The van der Waals surface area contributed by atoms with Crippen molar-refractivity contribution < 1.29 is 31.5 Å². The number of hydrogen-bond acceptors (Lipinski definition) is 7. The maximum Gasteiger partial charge on any atom is 0.264 e. The van der Waals surface area contributed by atoms with Crippen molar-refractivity contribution >= 4 is 10.1 Å². The molecule has 1 saturated heterocycles. The van der Waals surface area contributed by atoms with Crippen molar-refractivity contribution in [3.63, 3.8) is 0 Å². The van der Waals surface area contributed by atoms with Crippen LogP contribution in [0.25, 0.3) is 0 Å². The van der Waals surface area contributed by atoms with E-state index in [1.54, 1.807) is 0 Å². The summed E-state index contributed by atoms with van der Waals surface area (Å²) >= 11 is 0. The Kier molecular flexibility index (Phi) is 7.77. The normalized spacial score (nSPS) is 24.6. The van der Waals surface area contributed by atoms with E-state index < -0.39 is 34.7 Å². The summed E-state index contributed by atoms with van der Waals surface area (Å²) in [4.78, 5) is 0. The highest BCUT2D eigenvalue weighted by atomic mass is 32.2. The lowest BCUT2D eigenvalue weighted by Crippen LogP contribution is -2.40. The fourth-order valence-electron chi connectivity index (χ4n) is 3.16. The van der Waals surface area contributed by atoms with Gasteiger partial charge in [-0.05, 0) is 11.1 Å². The molecule has 0 aliphatic carbocycles. The Bertz CT molecular complexity index is 842. The number of benzene rings is 2. The fourth-order valence-corrected chi connectivity index (χ4v) is 3.76. The van der Waals surface area contributed by atoms with E-state index in [0.29, 0.717) is 6.61 Å². The molecule has 1 heterocycles. The summed E-state index contributed by atoms with van der Waals surface area (Å²) < 4.78 is 51.7. The van der Waals surface area contributed by atoms with Gasteiger partial charge in [-0.25, -0.2) is 0 Å². The lowest BCUT2D eigenvalue weighted by molar-refractivity contribution is -0.152. The van der Waals surface area contributed by atoms with Crippen molar-refractivity contribution in [3.8, 4) is 0 Å². The van der Waals surface area contributed by atoms with Crippen molar-refractivity contribution in [1.82, 2.24) is 0 Å². The standard InChI is InChI=1S/C21H26O7S/c1-24-21-20(28-29(2,22)23)19(26-14-17-11-7-4-8-12-17)18(27-21)15-25-13-16-9-5-3-6-10-16/h3-12,18-21H,13-15H2,1-2H3/t18-,19-,20+,21?/m0/s1. The average molecular weight is 422 g/mol. The predicted molar refractivity (Wildman–Crippen MR) is 107 cm³/mol. The molecule has 0 N–H and O–H groups in total. The first-order valence-electron chi connectivity index (χ1n) is 9.30. The molecule has 1 aliphatic rings. The molecule has 3 rings (SSSR count). The highest BCUT2D eigenvalue weighted by Crippen LogP contribution is 2.29. The first kappa shape index (κ1) is 21.9. The van der Waals surface area contributed by atoms with Gasteiger partial charge in [0.15, 0.2) is 12.4 Å². The molecule has 158 valence electrons. The van der Waals surface area contributed by atoms with E-state index in [2.05, 4.69) is 0 Å². The second-order valence-electron chi connectivity index (χ2n) is 6.81. The SMILES string of the molecule is COC1O[C@@H](COCc2ccccc2)[C@H](OCc2ccccc2)[C@H]1OS(C)(=O)=O. The van der Waals surface area contributed by atoms with Crippen molar-refractivity contribution in [2.75, 3.05) is 20.0 Å². The van der Waals surface area contributed by atoms with Gasteiger partial charge in [0, 0.05) is 7.11 Å². The highest BCUT2D eigenvalue weighted by molar-refractivity contribution is 7.86. The quantitative estimate of drug-likeness (QED) is 0.544. The zero-order chi connectivity index (χ0) is 20.7. The number of ether oxygens (including phenoxy) is 4. The van der Waals surface area contributed by atoms with Crippen LogP contribution in [0.3, 0.4) is 0 Å². The van der Waals surface area contributed by atoms with Gasteiger partial charge in [-0.1, -0.05) is 60.7 Å². The van der Waals surface area contributed by atoms with Crippen LogP contribution < -0.4 is 0 Å². The van der Waals surface area contributed by atoms with Gasteiger partial charge in [-0.15, -0.1) is 0 Å². The van der Waals surface area contributed by atoms with Gasteiger partial charge in [0.1, 0.15) is 12.2 Å². The Labute approximate surface area is 171 Å². The first-order chi connectivity index (χ1) is 14.0. The van der Waals surface area contributed by atoms with E-state index in [-0.39, 0.29) is 13.2 Å². The van der Waals surface area contributed by atoms with Gasteiger partial charge in [0.05, 0.1) is 26.1 Å². The van der Waals surface area contributed by atoms with Crippen LogP contribution in [-0.2, 0) is 46.5 Å². The number of rotatable bonds is 10. The van der Waals surface area contributed by atoms with Crippen LogP contribution in [0.15, 0.2) is 60.7 Å². The van der Waals surface area contributed by atoms with Crippen LogP contribution in [0.2, 0.25) is 0 Å². The van der Waals surface area contributed by atoms with Gasteiger partial charge in [-0.3, -0.25) is 4.18 Å². The van der Waals surface area contributed by atoms with Gasteiger partial charge < -0.3 is 18.9 Å². The van der Waals surface area contributed by atoms with Crippen LogP contribution in [0.1, 0.15) is 11.1 Å². The van der Waals surface area contributed by atoms with Crippen LogP contribution in [0.5, 0.6) is 0 Å². The summed E-state index contributed by atoms with van der Waals surface area (Å²) in [7, 11) is -2.30. The summed E-state index contributed by atoms with van der Waals surface area (Å²) in [6.07, 6.45) is -2.03. The predicted octanol–water partition coefficient (Wildman–Crippen LogP) is 2.50. The summed E-state index contributed by atoms with van der Waals surface area (Å²) in [6, 6.07) is 19.3. The molecule has 1 unspecified atom stereocenters. The van der Waals surface area contributed by atoms with E-state index in [9.17, 15) is 8.42 Å². The fraction of sp³-hybridized carbons (Fsp3) is 0.429. The van der Waals surface area contributed by atoms with Crippen LogP contribution in [-0.4, -0.2) is 53.0 Å². The molecule has 0 spiro atoms. The molecule has 0 radical (unpaired) electrons. The van der Waals surface area contributed by atoms with E-state index in [1.807, 2.05) is 60.7 Å². The molecule has 1 fully saturated rings. The first-order valence-corrected chi connectivity index (χ1v) is 11.1. The van der Waals surface area contributed by atoms with Gasteiger partial charge in [-0.2, -0.15) is 8.42 Å². The molecule has 0 aromatic heterocycles. The largest absolute Gasteiger partial charge is 0.374 e. The number of hydrogen-bond donors (Lipinski definition) is 0. The van der Waals surface area contributed by atoms with Gasteiger partial charge >= 0.3 is 0 Å². The Morgan fingerprint density at radius 2 is 1.48 bits per heavy atom.